The van der Waals surface area contributed by atoms with Crippen molar-refractivity contribution >= 4 is 22.4 Å². The molecule has 0 unspecified atom stereocenters. The van der Waals surface area contributed by atoms with E-state index in [0.717, 1.165) is 32.5 Å². The minimum atomic E-state index is 0.336. The third-order valence-corrected chi connectivity index (χ3v) is 5.00. The molecule has 0 radical (unpaired) electrons. The van der Waals surface area contributed by atoms with Crippen LogP contribution in [-0.2, 0) is 12.8 Å². The quantitative estimate of drug-likeness (QED) is 0.407. The summed E-state index contributed by atoms with van der Waals surface area (Å²) in [5.41, 5.74) is 4.13. The van der Waals surface area contributed by atoms with Crippen LogP contribution in [0.2, 0.25) is 5.02 Å². The van der Waals surface area contributed by atoms with Gasteiger partial charge in [0.25, 0.3) is 0 Å². The van der Waals surface area contributed by atoms with Crippen LogP contribution in [-0.4, -0.2) is 5.11 Å². The molecule has 0 heterocycles. The summed E-state index contributed by atoms with van der Waals surface area (Å²) in [5, 5.41) is 13.4. The van der Waals surface area contributed by atoms with Gasteiger partial charge in [-0.1, -0.05) is 84.1 Å². The fraction of sp³-hybridized carbons (Fsp3) is 0.0769. The predicted octanol–water partition coefficient (Wildman–Crippen LogP) is 6.38. The van der Waals surface area contributed by atoms with Gasteiger partial charge in [0, 0.05) is 28.8 Å². The van der Waals surface area contributed by atoms with Crippen LogP contribution in [0.15, 0.2) is 84.9 Å². The molecule has 0 aliphatic heterocycles. The molecule has 0 amide bonds. The summed E-state index contributed by atoms with van der Waals surface area (Å²) < 4.78 is 0. The number of rotatable bonds is 3. The van der Waals surface area contributed by atoms with Crippen LogP contribution < -0.4 is 0 Å². The van der Waals surface area contributed by atoms with E-state index < -0.39 is 0 Å². The van der Waals surface area contributed by atoms with Gasteiger partial charge in [0.1, 0.15) is 5.75 Å². The molecule has 2 heteroatoms. The molecule has 1 N–H and O–H groups in total. The molecule has 136 valence electrons. The molecule has 0 saturated heterocycles. The fourth-order valence-electron chi connectivity index (χ4n) is 3.24. The van der Waals surface area contributed by atoms with Gasteiger partial charge in [0.05, 0.1) is 0 Å². The van der Waals surface area contributed by atoms with Crippen LogP contribution in [0.3, 0.4) is 0 Å². The number of phenolic OH excluding ortho intramolecular Hbond substituents is 1. The molecular formula is C26H19ClO. The fourth-order valence-corrected chi connectivity index (χ4v) is 3.36. The minimum Gasteiger partial charge on any atom is -0.507 e. The van der Waals surface area contributed by atoms with Crippen LogP contribution in [0, 0.1) is 11.8 Å². The Morgan fingerprint density at radius 3 is 2.32 bits per heavy atom. The lowest BCUT2D eigenvalue weighted by molar-refractivity contribution is 0.476. The maximum absolute atomic E-state index is 10.8. The van der Waals surface area contributed by atoms with Gasteiger partial charge < -0.3 is 5.11 Å². The summed E-state index contributed by atoms with van der Waals surface area (Å²) in [6, 6.07) is 27.9. The van der Waals surface area contributed by atoms with E-state index in [1.807, 2.05) is 66.7 Å². The highest BCUT2D eigenvalue weighted by molar-refractivity contribution is 6.30. The van der Waals surface area contributed by atoms with Crippen molar-refractivity contribution in [1.82, 2.24) is 0 Å². The Balaban J connectivity index is 1.60. The SMILES string of the molecule is Oc1c(Cc2ccccc2)ccc2ccc(C#CCc3ccc(Cl)cc3)cc12. The summed E-state index contributed by atoms with van der Waals surface area (Å²) in [4.78, 5) is 0. The van der Waals surface area contributed by atoms with Crippen LogP contribution in [0.1, 0.15) is 22.3 Å². The van der Waals surface area contributed by atoms with Gasteiger partial charge in [-0.2, -0.15) is 0 Å². The van der Waals surface area contributed by atoms with E-state index in [2.05, 4.69) is 30.0 Å². The predicted molar refractivity (Wildman–Crippen MR) is 117 cm³/mol. The Morgan fingerprint density at radius 2 is 1.54 bits per heavy atom. The van der Waals surface area contributed by atoms with E-state index in [1.54, 1.807) is 0 Å². The lowest BCUT2D eigenvalue weighted by Gasteiger charge is -2.09. The minimum absolute atomic E-state index is 0.336. The molecule has 4 aromatic rings. The normalized spacial score (nSPS) is 10.5. The standard InChI is InChI=1S/C26H19ClO/c27-24-15-10-19(11-16-24)7-4-8-21-9-12-22-13-14-23(26(28)25(22)18-21)17-20-5-2-1-3-6-20/h1-3,5-6,9-16,18,28H,7,17H2. The highest BCUT2D eigenvalue weighted by atomic mass is 35.5. The molecule has 0 fully saturated rings. The van der Waals surface area contributed by atoms with Crippen molar-refractivity contribution in [2.45, 2.75) is 12.8 Å². The van der Waals surface area contributed by atoms with E-state index in [4.69, 9.17) is 11.6 Å². The molecule has 0 spiro atoms. The first-order valence-electron chi connectivity index (χ1n) is 9.21. The highest BCUT2D eigenvalue weighted by Gasteiger charge is 2.08. The number of aromatic hydroxyl groups is 1. The van der Waals surface area contributed by atoms with Gasteiger partial charge in [-0.15, -0.1) is 0 Å². The summed E-state index contributed by atoms with van der Waals surface area (Å²) in [7, 11) is 0. The molecule has 0 aliphatic carbocycles. The van der Waals surface area contributed by atoms with E-state index in [-0.39, 0.29) is 0 Å². The van der Waals surface area contributed by atoms with Gasteiger partial charge in [0.2, 0.25) is 0 Å². The van der Waals surface area contributed by atoms with Crippen molar-refractivity contribution < 1.29 is 5.11 Å². The average Bonchev–Trinajstić information content (AvgIpc) is 2.73. The first kappa shape index (κ1) is 18.2. The van der Waals surface area contributed by atoms with Crippen molar-refractivity contribution in [3.05, 3.63) is 112 Å². The summed E-state index contributed by atoms with van der Waals surface area (Å²) in [6.07, 6.45) is 1.37. The van der Waals surface area contributed by atoms with Crippen LogP contribution in [0.25, 0.3) is 10.8 Å². The first-order chi connectivity index (χ1) is 13.7. The second-order valence-electron chi connectivity index (χ2n) is 6.78. The third-order valence-electron chi connectivity index (χ3n) is 4.75. The Kier molecular flexibility index (Phi) is 5.33. The van der Waals surface area contributed by atoms with Crippen LogP contribution in [0.5, 0.6) is 5.75 Å². The molecule has 4 rings (SSSR count). The van der Waals surface area contributed by atoms with E-state index in [1.165, 1.54) is 5.56 Å². The molecule has 4 aromatic carbocycles. The van der Waals surface area contributed by atoms with E-state index in [9.17, 15) is 5.11 Å². The second kappa shape index (κ2) is 8.21. The maximum Gasteiger partial charge on any atom is 0.126 e. The lowest BCUT2D eigenvalue weighted by atomic mass is 9.98. The van der Waals surface area contributed by atoms with Crippen LogP contribution in [0.4, 0.5) is 0 Å². The van der Waals surface area contributed by atoms with Crippen molar-refractivity contribution in [1.29, 1.82) is 0 Å². The topological polar surface area (TPSA) is 20.2 Å². The molecule has 0 aromatic heterocycles. The largest absolute Gasteiger partial charge is 0.507 e. The molecule has 28 heavy (non-hydrogen) atoms. The van der Waals surface area contributed by atoms with E-state index >= 15 is 0 Å². The van der Waals surface area contributed by atoms with Crippen LogP contribution >= 0.6 is 11.6 Å². The van der Waals surface area contributed by atoms with Crippen molar-refractivity contribution in [2.75, 3.05) is 0 Å². The molecule has 0 aliphatic rings. The van der Waals surface area contributed by atoms with Gasteiger partial charge in [0.15, 0.2) is 0 Å². The molecule has 0 saturated carbocycles. The number of phenols is 1. The number of halogens is 1. The van der Waals surface area contributed by atoms with Crippen molar-refractivity contribution in [3.63, 3.8) is 0 Å². The Morgan fingerprint density at radius 1 is 0.786 bits per heavy atom. The summed E-state index contributed by atoms with van der Waals surface area (Å²) >= 11 is 5.92. The lowest BCUT2D eigenvalue weighted by Crippen LogP contribution is -1.90. The number of hydrogen-bond donors (Lipinski definition) is 1. The summed E-state index contributed by atoms with van der Waals surface area (Å²) in [5.74, 6) is 6.74. The van der Waals surface area contributed by atoms with Gasteiger partial charge in [-0.25, -0.2) is 0 Å². The van der Waals surface area contributed by atoms with Gasteiger partial charge in [-0.05, 0) is 46.3 Å². The average molecular weight is 383 g/mol. The number of fused-ring (bicyclic) bond motifs is 1. The zero-order chi connectivity index (χ0) is 19.3. The zero-order valence-electron chi connectivity index (χ0n) is 15.3. The Bertz CT molecular complexity index is 1170. The highest BCUT2D eigenvalue weighted by Crippen LogP contribution is 2.31. The van der Waals surface area contributed by atoms with Crippen molar-refractivity contribution in [2.24, 2.45) is 0 Å². The van der Waals surface area contributed by atoms with Gasteiger partial charge in [-0.3, -0.25) is 0 Å². The second-order valence-corrected chi connectivity index (χ2v) is 7.21. The smallest absolute Gasteiger partial charge is 0.126 e. The molecule has 0 atom stereocenters. The Labute approximate surface area is 170 Å². The first-order valence-corrected chi connectivity index (χ1v) is 9.59. The number of benzene rings is 4. The number of hydrogen-bond acceptors (Lipinski definition) is 1. The summed E-state index contributed by atoms with van der Waals surface area (Å²) in [6.45, 7) is 0. The zero-order valence-corrected chi connectivity index (χ0v) is 16.1. The van der Waals surface area contributed by atoms with Crippen molar-refractivity contribution in [3.8, 4) is 17.6 Å². The van der Waals surface area contributed by atoms with E-state index in [0.29, 0.717) is 18.6 Å². The monoisotopic (exact) mass is 382 g/mol. The van der Waals surface area contributed by atoms with Gasteiger partial charge >= 0.3 is 0 Å². The Hall–Kier alpha value is -3.21. The molecule has 1 nitrogen and oxygen atoms in total. The third kappa shape index (κ3) is 4.19. The molecular weight excluding hydrogens is 364 g/mol. The molecule has 0 bridgehead atoms. The maximum atomic E-state index is 10.8.